The average Bonchev–Trinajstić information content (AvgIpc) is 3.63. The van der Waals surface area contributed by atoms with Crippen LogP contribution in [0.5, 0.6) is 0 Å². The van der Waals surface area contributed by atoms with Crippen molar-refractivity contribution in [2.24, 2.45) is 15.0 Å². The van der Waals surface area contributed by atoms with Gasteiger partial charge in [-0.2, -0.15) is 0 Å². The van der Waals surface area contributed by atoms with Crippen LogP contribution in [0.15, 0.2) is 87.3 Å². The minimum atomic E-state index is 0.423. The average molecular weight is 590 g/mol. The molecule has 7 nitrogen and oxygen atoms in total. The lowest BCUT2D eigenvalue weighted by molar-refractivity contribution is 0.395. The van der Waals surface area contributed by atoms with E-state index in [9.17, 15) is 0 Å². The van der Waals surface area contributed by atoms with Gasteiger partial charge in [-0.05, 0) is 100 Å². The van der Waals surface area contributed by atoms with Crippen LogP contribution in [0.2, 0.25) is 0 Å². The van der Waals surface area contributed by atoms with Gasteiger partial charge in [-0.15, -0.1) is 0 Å². The second-order valence-electron chi connectivity index (χ2n) is 11.3. The van der Waals surface area contributed by atoms with Crippen LogP contribution >= 0.6 is 0 Å². The van der Waals surface area contributed by atoms with Crippen molar-refractivity contribution in [2.75, 3.05) is 19.0 Å². The molecule has 0 atom stereocenters. The molecule has 230 valence electrons. The summed E-state index contributed by atoms with van der Waals surface area (Å²) >= 11 is 0. The Morgan fingerprint density at radius 3 is 2.39 bits per heavy atom. The molecule has 1 aromatic carbocycles. The van der Waals surface area contributed by atoms with E-state index in [2.05, 4.69) is 74.2 Å². The standard InChI is InChI=1S/C31H34N6.C6H13N/c1-3-24-18-20-34-28(21-24)17-14-25-12-15-26(16-13-25)36-23-33-22-29(30-11-7-8-19-35-30)31(32-2)37-27-9-5-4-6-10-27;1-7-6-4-2-3-5-6/h3,11-13,15-16,18-22,27,36-37H,1-2,4-10,23H2;6-7H,2-5H2,1H3/b31-29-,33-22-;. The zero-order valence-corrected chi connectivity index (χ0v) is 26.2. The minimum absolute atomic E-state index is 0.423. The highest BCUT2D eigenvalue weighted by atomic mass is 15.1. The Kier molecular flexibility index (Phi) is 13.6. The number of aliphatic imine (C=N–C) groups is 3. The van der Waals surface area contributed by atoms with E-state index in [0.717, 1.165) is 71.3 Å². The highest BCUT2D eigenvalue weighted by Crippen LogP contribution is 2.23. The molecule has 1 aromatic heterocycles. The normalized spacial score (nSPS) is 17.4. The van der Waals surface area contributed by atoms with Gasteiger partial charge in [0.05, 0.1) is 11.3 Å². The molecule has 2 saturated carbocycles. The molecule has 2 fully saturated rings. The lowest BCUT2D eigenvalue weighted by Gasteiger charge is -2.25. The first-order valence-electron chi connectivity index (χ1n) is 16.0. The number of hydrogen-bond acceptors (Lipinski definition) is 7. The van der Waals surface area contributed by atoms with Crippen LogP contribution in [0.3, 0.4) is 0 Å². The number of anilines is 1. The van der Waals surface area contributed by atoms with E-state index in [4.69, 9.17) is 0 Å². The van der Waals surface area contributed by atoms with Crippen molar-refractivity contribution >= 4 is 30.9 Å². The molecule has 0 saturated heterocycles. The van der Waals surface area contributed by atoms with Crippen molar-refractivity contribution in [3.8, 4) is 11.8 Å². The first-order valence-corrected chi connectivity index (χ1v) is 16.0. The van der Waals surface area contributed by atoms with Crippen molar-refractivity contribution in [1.82, 2.24) is 15.6 Å². The van der Waals surface area contributed by atoms with Gasteiger partial charge in [0.1, 0.15) is 18.2 Å². The van der Waals surface area contributed by atoms with Crippen LogP contribution in [-0.2, 0) is 0 Å². The van der Waals surface area contributed by atoms with Crippen LogP contribution in [0.4, 0.5) is 5.69 Å². The second kappa shape index (κ2) is 18.4. The first-order chi connectivity index (χ1) is 21.7. The summed E-state index contributed by atoms with van der Waals surface area (Å²) in [4.78, 5) is 17.9. The van der Waals surface area contributed by atoms with Gasteiger partial charge < -0.3 is 16.0 Å². The molecule has 2 heterocycles. The van der Waals surface area contributed by atoms with Crippen LogP contribution in [0, 0.1) is 11.8 Å². The van der Waals surface area contributed by atoms with Gasteiger partial charge in [0.15, 0.2) is 0 Å². The fraction of sp³-hybridized carbons (Fsp3) is 0.405. The van der Waals surface area contributed by atoms with Crippen molar-refractivity contribution in [2.45, 2.75) is 82.7 Å². The predicted octanol–water partition coefficient (Wildman–Crippen LogP) is 7.30. The number of pyridine rings is 1. The molecule has 0 spiro atoms. The summed E-state index contributed by atoms with van der Waals surface area (Å²) in [7, 11) is 2.05. The Bertz CT molecular complexity index is 1390. The number of rotatable bonds is 10. The molecule has 0 bridgehead atoms. The highest BCUT2D eigenvalue weighted by molar-refractivity contribution is 5.87. The van der Waals surface area contributed by atoms with E-state index >= 15 is 0 Å². The van der Waals surface area contributed by atoms with Crippen molar-refractivity contribution < 1.29 is 0 Å². The molecule has 0 radical (unpaired) electrons. The lowest BCUT2D eigenvalue weighted by Crippen LogP contribution is -2.31. The number of nitrogens with one attached hydrogen (secondary N) is 3. The molecule has 2 aliphatic carbocycles. The van der Waals surface area contributed by atoms with E-state index in [0.29, 0.717) is 12.7 Å². The summed E-state index contributed by atoms with van der Waals surface area (Å²) in [5.41, 5.74) is 5.40. The van der Waals surface area contributed by atoms with E-state index in [1.54, 1.807) is 12.3 Å². The molecule has 44 heavy (non-hydrogen) atoms. The van der Waals surface area contributed by atoms with Gasteiger partial charge >= 0.3 is 0 Å². The van der Waals surface area contributed by atoms with Gasteiger partial charge in [-0.1, -0.05) is 56.8 Å². The maximum atomic E-state index is 4.64. The summed E-state index contributed by atoms with van der Waals surface area (Å²) in [6.45, 7) is 8.04. The molecule has 0 unspecified atom stereocenters. The zero-order chi connectivity index (χ0) is 30.8. The molecule has 2 aromatic rings. The molecular formula is C37H47N7. The van der Waals surface area contributed by atoms with Gasteiger partial charge in [-0.25, -0.2) is 9.98 Å². The fourth-order valence-corrected chi connectivity index (χ4v) is 5.53. The Balaban J connectivity index is 0.000000555. The topological polar surface area (TPSA) is 86.1 Å². The third-order valence-corrected chi connectivity index (χ3v) is 8.10. The maximum Gasteiger partial charge on any atom is 0.136 e. The van der Waals surface area contributed by atoms with Crippen LogP contribution < -0.4 is 16.0 Å². The molecule has 3 N–H and O–H groups in total. The third kappa shape index (κ3) is 10.8. The molecule has 5 rings (SSSR count). The lowest BCUT2D eigenvalue weighted by atomic mass is 9.95. The summed E-state index contributed by atoms with van der Waals surface area (Å²) in [5.74, 6) is 7.02. The first kappa shape index (κ1) is 32.6. The summed E-state index contributed by atoms with van der Waals surface area (Å²) < 4.78 is 0. The van der Waals surface area contributed by atoms with E-state index in [1.807, 2.05) is 48.8 Å². The summed E-state index contributed by atoms with van der Waals surface area (Å²) in [6, 6.07) is 13.1. The Hall–Kier alpha value is -4.28. The molecule has 3 aliphatic rings. The van der Waals surface area contributed by atoms with Crippen molar-refractivity contribution in [1.29, 1.82) is 0 Å². The van der Waals surface area contributed by atoms with Gasteiger partial charge in [-0.3, -0.25) is 9.98 Å². The molecule has 7 heteroatoms. The van der Waals surface area contributed by atoms with E-state index < -0.39 is 0 Å². The van der Waals surface area contributed by atoms with Crippen molar-refractivity contribution in [3.63, 3.8) is 0 Å². The smallest absolute Gasteiger partial charge is 0.136 e. The number of benzene rings is 1. The van der Waals surface area contributed by atoms with Gasteiger partial charge in [0.25, 0.3) is 0 Å². The number of aromatic nitrogens is 1. The Morgan fingerprint density at radius 2 is 1.73 bits per heavy atom. The SMILES string of the molecule is C=Cc1ccnc(C#Cc2ccc(NC/N=C\C(C3=CCCC=N3)=C(/N=C)NC3CCCCC3)cc2)c1.CNC1CCCC1. The molecular weight excluding hydrogens is 542 g/mol. The van der Waals surface area contributed by atoms with Gasteiger partial charge in [0.2, 0.25) is 0 Å². The monoisotopic (exact) mass is 589 g/mol. The zero-order valence-electron chi connectivity index (χ0n) is 26.2. The highest BCUT2D eigenvalue weighted by Gasteiger charge is 2.17. The molecule has 1 aliphatic heterocycles. The summed E-state index contributed by atoms with van der Waals surface area (Å²) in [6.07, 6.45) is 23.2. The third-order valence-electron chi connectivity index (χ3n) is 8.10. The molecule has 0 amide bonds. The fourth-order valence-electron chi connectivity index (χ4n) is 5.53. The van der Waals surface area contributed by atoms with Crippen LogP contribution in [-0.4, -0.2) is 49.9 Å². The Labute approximate surface area is 263 Å². The quantitative estimate of drug-likeness (QED) is 0.201. The largest absolute Gasteiger partial charge is 0.367 e. The second-order valence-corrected chi connectivity index (χ2v) is 11.3. The number of nitrogens with zero attached hydrogens (tertiary/aromatic N) is 4. The maximum absolute atomic E-state index is 4.64. The predicted molar refractivity (Wildman–Crippen MR) is 187 cm³/mol. The summed E-state index contributed by atoms with van der Waals surface area (Å²) in [5, 5.41) is 10.2. The van der Waals surface area contributed by atoms with Crippen LogP contribution in [0.25, 0.3) is 6.08 Å². The van der Waals surface area contributed by atoms with Crippen LogP contribution in [0.1, 0.15) is 87.4 Å². The van der Waals surface area contributed by atoms with Gasteiger partial charge in [0, 0.05) is 42.0 Å². The van der Waals surface area contributed by atoms with Crippen molar-refractivity contribution in [3.05, 3.63) is 89.2 Å². The van der Waals surface area contributed by atoms with E-state index in [-0.39, 0.29) is 0 Å². The number of allylic oxidation sites excluding steroid dienone is 2. The minimum Gasteiger partial charge on any atom is -0.367 e. The Morgan fingerprint density at radius 1 is 0.977 bits per heavy atom. The van der Waals surface area contributed by atoms with E-state index in [1.165, 1.54) is 44.9 Å². The number of hydrogen-bond donors (Lipinski definition) is 3.